The molecule has 1 saturated heterocycles. The van der Waals surface area contributed by atoms with E-state index in [1.54, 1.807) is 0 Å². The fourth-order valence-electron chi connectivity index (χ4n) is 2.30. The van der Waals surface area contributed by atoms with Gasteiger partial charge in [-0.15, -0.1) is 0 Å². The van der Waals surface area contributed by atoms with Crippen LogP contribution in [0.4, 0.5) is 0 Å². The third-order valence-corrected chi connectivity index (χ3v) is 3.92. The number of hydrogen-bond acceptors (Lipinski definition) is 3. The molecule has 90 valence electrons. The minimum absolute atomic E-state index is 0.689. The van der Waals surface area contributed by atoms with Crippen LogP contribution >= 0.6 is 0 Å². The molecule has 3 atom stereocenters. The maximum absolute atomic E-state index is 3.27. The van der Waals surface area contributed by atoms with Gasteiger partial charge >= 0.3 is 0 Å². The molecule has 0 aromatic rings. The van der Waals surface area contributed by atoms with Gasteiger partial charge in [-0.25, -0.2) is 0 Å². The molecule has 1 fully saturated rings. The highest BCUT2D eigenvalue weighted by atomic mass is 15.3. The lowest BCUT2D eigenvalue weighted by Crippen LogP contribution is -2.54. The Kier molecular flexibility index (Phi) is 5.03. The average Bonchev–Trinajstić information content (AvgIpc) is 2.21. The van der Waals surface area contributed by atoms with Crippen molar-refractivity contribution in [1.82, 2.24) is 15.1 Å². The van der Waals surface area contributed by atoms with Crippen LogP contribution in [-0.2, 0) is 0 Å². The van der Waals surface area contributed by atoms with Crippen molar-refractivity contribution in [3.05, 3.63) is 0 Å². The molecule has 1 rings (SSSR count). The van der Waals surface area contributed by atoms with Crippen LogP contribution in [-0.4, -0.2) is 62.2 Å². The Bertz CT molecular complexity index is 184. The smallest absolute Gasteiger partial charge is 0.0192 e. The molecule has 3 unspecified atom stereocenters. The summed E-state index contributed by atoms with van der Waals surface area (Å²) in [5.74, 6) is 0.727. The summed E-state index contributed by atoms with van der Waals surface area (Å²) in [4.78, 5) is 5.08. The number of hydrogen-bond donors (Lipinski definition) is 1. The number of rotatable bonds is 4. The summed E-state index contributed by atoms with van der Waals surface area (Å²) in [7, 11) is 4.26. The normalized spacial score (nSPS) is 29.0. The Hall–Kier alpha value is -0.120. The van der Waals surface area contributed by atoms with E-state index in [1.807, 2.05) is 7.05 Å². The lowest BCUT2D eigenvalue weighted by Gasteiger charge is -2.42. The third-order valence-electron chi connectivity index (χ3n) is 3.92. The fraction of sp³-hybridized carbons (Fsp3) is 1.00. The van der Waals surface area contributed by atoms with Crippen LogP contribution in [0.3, 0.4) is 0 Å². The van der Waals surface area contributed by atoms with Crippen molar-refractivity contribution in [2.75, 3.05) is 40.3 Å². The summed E-state index contributed by atoms with van der Waals surface area (Å²) in [6, 6.07) is 1.39. The van der Waals surface area contributed by atoms with E-state index in [2.05, 4.69) is 42.9 Å². The number of piperazine rings is 1. The largest absolute Gasteiger partial charge is 0.319 e. The Balaban J connectivity index is 2.43. The fourth-order valence-corrected chi connectivity index (χ4v) is 2.30. The van der Waals surface area contributed by atoms with Crippen LogP contribution < -0.4 is 5.32 Å². The molecule has 0 saturated carbocycles. The molecule has 3 heteroatoms. The van der Waals surface area contributed by atoms with Gasteiger partial charge in [-0.05, 0) is 40.4 Å². The lowest BCUT2D eigenvalue weighted by molar-refractivity contribution is 0.0592. The highest BCUT2D eigenvalue weighted by Gasteiger charge is 2.26. The minimum Gasteiger partial charge on any atom is -0.319 e. The van der Waals surface area contributed by atoms with Crippen LogP contribution in [0.2, 0.25) is 0 Å². The molecule has 15 heavy (non-hydrogen) atoms. The predicted octanol–water partition coefficient (Wildman–Crippen LogP) is 0.866. The monoisotopic (exact) mass is 213 g/mol. The second-order valence-corrected chi connectivity index (χ2v) is 5.10. The summed E-state index contributed by atoms with van der Waals surface area (Å²) in [6.07, 6.45) is 0. The van der Waals surface area contributed by atoms with Crippen molar-refractivity contribution < 1.29 is 0 Å². The molecule has 0 aliphatic carbocycles. The quantitative estimate of drug-likeness (QED) is 0.747. The maximum Gasteiger partial charge on any atom is 0.0192 e. The average molecular weight is 213 g/mol. The number of likely N-dealkylation sites (N-methyl/N-ethyl adjacent to an activating group) is 1. The molecule has 1 heterocycles. The van der Waals surface area contributed by atoms with Gasteiger partial charge in [0.2, 0.25) is 0 Å². The second-order valence-electron chi connectivity index (χ2n) is 5.10. The highest BCUT2D eigenvalue weighted by molar-refractivity contribution is 4.82. The molecular formula is C12H27N3. The Morgan fingerprint density at radius 1 is 1.33 bits per heavy atom. The molecule has 0 bridgehead atoms. The van der Waals surface area contributed by atoms with E-state index >= 15 is 0 Å². The predicted molar refractivity (Wildman–Crippen MR) is 66.2 cm³/mol. The van der Waals surface area contributed by atoms with E-state index in [9.17, 15) is 0 Å². The molecule has 1 N–H and O–H groups in total. The Labute approximate surface area is 94.8 Å². The number of nitrogens with zero attached hydrogens (tertiary/aromatic N) is 2. The van der Waals surface area contributed by atoms with Crippen LogP contribution in [0.1, 0.15) is 20.8 Å². The van der Waals surface area contributed by atoms with Crippen molar-refractivity contribution in [1.29, 1.82) is 0 Å². The summed E-state index contributed by atoms with van der Waals surface area (Å²) < 4.78 is 0. The Morgan fingerprint density at radius 2 is 2.00 bits per heavy atom. The Morgan fingerprint density at radius 3 is 2.53 bits per heavy atom. The van der Waals surface area contributed by atoms with Crippen LogP contribution in [0.15, 0.2) is 0 Å². The van der Waals surface area contributed by atoms with Gasteiger partial charge in [-0.1, -0.05) is 6.92 Å². The van der Waals surface area contributed by atoms with E-state index in [0.717, 1.165) is 12.5 Å². The summed E-state index contributed by atoms with van der Waals surface area (Å²) in [5.41, 5.74) is 0. The van der Waals surface area contributed by atoms with E-state index < -0.39 is 0 Å². The summed E-state index contributed by atoms with van der Waals surface area (Å²) >= 11 is 0. The molecule has 0 aromatic carbocycles. The first-order valence-electron chi connectivity index (χ1n) is 6.15. The van der Waals surface area contributed by atoms with E-state index in [0.29, 0.717) is 12.1 Å². The molecule has 0 aromatic heterocycles. The zero-order valence-corrected chi connectivity index (χ0v) is 11.0. The van der Waals surface area contributed by atoms with Gasteiger partial charge in [-0.2, -0.15) is 0 Å². The molecule has 3 nitrogen and oxygen atoms in total. The lowest BCUT2D eigenvalue weighted by atomic mass is 10.0. The highest BCUT2D eigenvalue weighted by Crippen LogP contribution is 2.15. The van der Waals surface area contributed by atoms with Crippen molar-refractivity contribution in [3.63, 3.8) is 0 Å². The standard InChI is InChI=1S/C12H27N3/c1-10(8-13-4)12(3)15-7-6-14(5)11(2)9-15/h10-13H,6-9H2,1-5H3. The van der Waals surface area contributed by atoms with E-state index in [-0.39, 0.29) is 0 Å². The number of nitrogens with one attached hydrogen (secondary N) is 1. The SMILES string of the molecule is CNCC(C)C(C)N1CCN(C)C(C)C1. The van der Waals surface area contributed by atoms with Gasteiger partial charge in [0.1, 0.15) is 0 Å². The second kappa shape index (κ2) is 5.83. The maximum atomic E-state index is 3.27. The third kappa shape index (κ3) is 3.44. The van der Waals surface area contributed by atoms with Crippen LogP contribution in [0.25, 0.3) is 0 Å². The zero-order chi connectivity index (χ0) is 11.4. The minimum atomic E-state index is 0.689. The summed E-state index contributed by atoms with van der Waals surface area (Å²) in [5, 5.41) is 3.27. The van der Waals surface area contributed by atoms with E-state index in [1.165, 1.54) is 19.6 Å². The van der Waals surface area contributed by atoms with Crippen LogP contribution in [0.5, 0.6) is 0 Å². The van der Waals surface area contributed by atoms with E-state index in [4.69, 9.17) is 0 Å². The zero-order valence-electron chi connectivity index (χ0n) is 11.0. The molecule has 0 radical (unpaired) electrons. The van der Waals surface area contributed by atoms with Gasteiger partial charge in [0, 0.05) is 31.7 Å². The van der Waals surface area contributed by atoms with Crippen molar-refractivity contribution in [3.8, 4) is 0 Å². The molecule has 0 amide bonds. The first kappa shape index (κ1) is 12.9. The molecule has 0 spiro atoms. The molecule has 1 aliphatic heterocycles. The van der Waals surface area contributed by atoms with Gasteiger partial charge in [0.15, 0.2) is 0 Å². The van der Waals surface area contributed by atoms with Gasteiger partial charge in [-0.3, -0.25) is 4.90 Å². The van der Waals surface area contributed by atoms with Crippen LogP contribution in [0, 0.1) is 5.92 Å². The topological polar surface area (TPSA) is 18.5 Å². The van der Waals surface area contributed by atoms with Crippen molar-refractivity contribution in [2.45, 2.75) is 32.9 Å². The first-order chi connectivity index (χ1) is 7.06. The van der Waals surface area contributed by atoms with Gasteiger partial charge in [0.25, 0.3) is 0 Å². The van der Waals surface area contributed by atoms with Gasteiger partial charge in [0.05, 0.1) is 0 Å². The molecule has 1 aliphatic rings. The van der Waals surface area contributed by atoms with Crippen molar-refractivity contribution >= 4 is 0 Å². The van der Waals surface area contributed by atoms with Crippen molar-refractivity contribution in [2.24, 2.45) is 5.92 Å². The van der Waals surface area contributed by atoms with Gasteiger partial charge < -0.3 is 10.2 Å². The molecular weight excluding hydrogens is 186 g/mol. The first-order valence-corrected chi connectivity index (χ1v) is 6.15. The summed E-state index contributed by atoms with van der Waals surface area (Å²) in [6.45, 7) is 11.8.